The van der Waals surface area contributed by atoms with Crippen molar-refractivity contribution in [1.82, 2.24) is 9.80 Å². The third-order valence-corrected chi connectivity index (χ3v) is 4.62. The Morgan fingerprint density at radius 1 is 1.20 bits per heavy atom. The number of nitrogens with zero attached hydrogens (tertiary/aromatic N) is 2. The van der Waals surface area contributed by atoms with E-state index >= 15 is 0 Å². The standard InChI is InChI=1S/C20H26N2O3/c1-21(14-19-8-5-13-24-19)20(23)15-22-11-9-18(10-12-22)25-16-17-6-3-2-4-7-17/h2-8,13,18H,9-12,14-16H2,1H3. The lowest BCUT2D eigenvalue weighted by atomic mass is 10.1. The summed E-state index contributed by atoms with van der Waals surface area (Å²) in [5.74, 6) is 0.934. The number of piperidine rings is 1. The molecule has 1 aromatic heterocycles. The van der Waals surface area contributed by atoms with E-state index in [-0.39, 0.29) is 12.0 Å². The van der Waals surface area contributed by atoms with Crippen LogP contribution in [-0.2, 0) is 22.7 Å². The molecule has 0 atom stereocenters. The zero-order chi connectivity index (χ0) is 17.5. The molecular weight excluding hydrogens is 316 g/mol. The molecule has 1 aliphatic heterocycles. The van der Waals surface area contributed by atoms with Crippen LogP contribution < -0.4 is 0 Å². The molecule has 5 heteroatoms. The minimum atomic E-state index is 0.125. The second-order valence-electron chi connectivity index (χ2n) is 6.60. The molecule has 3 rings (SSSR count). The van der Waals surface area contributed by atoms with Crippen LogP contribution in [0.4, 0.5) is 0 Å². The summed E-state index contributed by atoms with van der Waals surface area (Å²) in [6.45, 7) is 3.45. The molecule has 1 saturated heterocycles. The zero-order valence-electron chi connectivity index (χ0n) is 14.8. The fourth-order valence-electron chi connectivity index (χ4n) is 3.06. The number of likely N-dealkylation sites (N-methyl/N-ethyl adjacent to an activating group) is 1. The van der Waals surface area contributed by atoms with Gasteiger partial charge in [0.25, 0.3) is 0 Å². The van der Waals surface area contributed by atoms with Crippen LogP contribution in [-0.4, -0.2) is 48.5 Å². The van der Waals surface area contributed by atoms with Gasteiger partial charge in [-0.25, -0.2) is 0 Å². The molecule has 5 nitrogen and oxygen atoms in total. The summed E-state index contributed by atoms with van der Waals surface area (Å²) in [5.41, 5.74) is 1.21. The molecule has 0 saturated carbocycles. The maximum atomic E-state index is 12.3. The van der Waals surface area contributed by atoms with Crippen molar-refractivity contribution in [3.63, 3.8) is 0 Å². The molecule has 0 unspecified atom stereocenters. The number of carbonyl (C=O) groups is 1. The van der Waals surface area contributed by atoms with Crippen LogP contribution in [0.1, 0.15) is 24.2 Å². The van der Waals surface area contributed by atoms with Gasteiger partial charge in [-0.15, -0.1) is 0 Å². The van der Waals surface area contributed by atoms with Gasteiger partial charge in [-0.3, -0.25) is 9.69 Å². The van der Waals surface area contributed by atoms with E-state index in [9.17, 15) is 4.79 Å². The van der Waals surface area contributed by atoms with E-state index in [1.165, 1.54) is 5.56 Å². The lowest BCUT2D eigenvalue weighted by Gasteiger charge is -2.32. The molecule has 0 spiro atoms. The van der Waals surface area contributed by atoms with Gasteiger partial charge in [-0.1, -0.05) is 30.3 Å². The summed E-state index contributed by atoms with van der Waals surface area (Å²) in [5, 5.41) is 0. The number of carbonyl (C=O) groups excluding carboxylic acids is 1. The van der Waals surface area contributed by atoms with E-state index in [1.54, 1.807) is 11.2 Å². The van der Waals surface area contributed by atoms with Crippen molar-refractivity contribution in [3.8, 4) is 0 Å². The first kappa shape index (κ1) is 17.7. The molecule has 0 radical (unpaired) electrons. The molecule has 0 bridgehead atoms. The van der Waals surface area contributed by atoms with Crippen molar-refractivity contribution in [2.45, 2.75) is 32.1 Å². The molecule has 1 aromatic carbocycles. The summed E-state index contributed by atoms with van der Waals surface area (Å²) >= 11 is 0. The highest BCUT2D eigenvalue weighted by Crippen LogP contribution is 2.16. The first-order valence-corrected chi connectivity index (χ1v) is 8.85. The number of likely N-dealkylation sites (tertiary alicyclic amines) is 1. The summed E-state index contributed by atoms with van der Waals surface area (Å²) in [4.78, 5) is 16.3. The molecule has 134 valence electrons. The summed E-state index contributed by atoms with van der Waals surface area (Å²) in [6.07, 6.45) is 3.87. The predicted molar refractivity (Wildman–Crippen MR) is 95.9 cm³/mol. The zero-order valence-corrected chi connectivity index (χ0v) is 14.8. The van der Waals surface area contributed by atoms with Gasteiger partial charge < -0.3 is 14.1 Å². The number of rotatable bonds is 7. The van der Waals surface area contributed by atoms with Gasteiger partial charge in [0, 0.05) is 20.1 Å². The smallest absolute Gasteiger partial charge is 0.236 e. The number of hydrogen-bond donors (Lipinski definition) is 0. The normalized spacial score (nSPS) is 16.0. The van der Waals surface area contributed by atoms with Crippen LogP contribution in [0.5, 0.6) is 0 Å². The number of hydrogen-bond acceptors (Lipinski definition) is 4. The second-order valence-corrected chi connectivity index (χ2v) is 6.60. The third kappa shape index (κ3) is 5.44. The molecule has 1 aliphatic rings. The van der Waals surface area contributed by atoms with E-state index in [4.69, 9.17) is 9.15 Å². The Morgan fingerprint density at radius 2 is 1.96 bits per heavy atom. The van der Waals surface area contributed by atoms with E-state index in [0.717, 1.165) is 31.7 Å². The van der Waals surface area contributed by atoms with Gasteiger partial charge >= 0.3 is 0 Å². The van der Waals surface area contributed by atoms with Crippen molar-refractivity contribution in [3.05, 3.63) is 60.1 Å². The van der Waals surface area contributed by atoms with E-state index in [0.29, 0.717) is 19.7 Å². The molecule has 2 heterocycles. The number of furan rings is 1. The number of benzene rings is 1. The summed E-state index contributed by atoms with van der Waals surface area (Å²) < 4.78 is 11.3. The minimum absolute atomic E-state index is 0.125. The van der Waals surface area contributed by atoms with Gasteiger partial charge in [-0.05, 0) is 30.5 Å². The van der Waals surface area contributed by atoms with Crippen LogP contribution in [0.2, 0.25) is 0 Å². The first-order valence-electron chi connectivity index (χ1n) is 8.85. The van der Waals surface area contributed by atoms with Gasteiger partial charge in [0.1, 0.15) is 5.76 Å². The second kappa shape index (κ2) is 8.83. The molecule has 1 amide bonds. The molecular formula is C20H26N2O3. The van der Waals surface area contributed by atoms with E-state index < -0.39 is 0 Å². The molecule has 0 aliphatic carbocycles. The van der Waals surface area contributed by atoms with Gasteiger partial charge in [0.2, 0.25) is 5.91 Å². The maximum absolute atomic E-state index is 12.3. The summed E-state index contributed by atoms with van der Waals surface area (Å²) in [7, 11) is 1.82. The van der Waals surface area contributed by atoms with Crippen molar-refractivity contribution in [2.75, 3.05) is 26.7 Å². The lowest BCUT2D eigenvalue weighted by Crippen LogP contribution is -2.43. The van der Waals surface area contributed by atoms with Crippen LogP contribution in [0.15, 0.2) is 53.1 Å². The van der Waals surface area contributed by atoms with E-state index in [2.05, 4.69) is 17.0 Å². The Hall–Kier alpha value is -2.11. The highest BCUT2D eigenvalue weighted by Gasteiger charge is 2.22. The predicted octanol–water partition coefficient (Wildman–Crippen LogP) is 2.92. The van der Waals surface area contributed by atoms with Gasteiger partial charge in [0.15, 0.2) is 0 Å². The van der Waals surface area contributed by atoms with Gasteiger partial charge in [-0.2, -0.15) is 0 Å². The van der Waals surface area contributed by atoms with Crippen molar-refractivity contribution < 1.29 is 13.9 Å². The Balaban J connectivity index is 1.36. The quantitative estimate of drug-likeness (QED) is 0.776. The third-order valence-electron chi connectivity index (χ3n) is 4.62. The van der Waals surface area contributed by atoms with Crippen molar-refractivity contribution in [1.29, 1.82) is 0 Å². The fourth-order valence-corrected chi connectivity index (χ4v) is 3.06. The summed E-state index contributed by atoms with van der Waals surface area (Å²) in [6, 6.07) is 14.0. The maximum Gasteiger partial charge on any atom is 0.236 e. The Labute approximate surface area is 149 Å². The Morgan fingerprint density at radius 3 is 2.64 bits per heavy atom. The van der Waals surface area contributed by atoms with Gasteiger partial charge in [0.05, 0.1) is 32.1 Å². The van der Waals surface area contributed by atoms with Crippen molar-refractivity contribution >= 4 is 5.91 Å². The number of amides is 1. The monoisotopic (exact) mass is 342 g/mol. The average Bonchev–Trinajstić information content (AvgIpc) is 3.15. The SMILES string of the molecule is CN(Cc1ccco1)C(=O)CN1CCC(OCc2ccccc2)CC1. The largest absolute Gasteiger partial charge is 0.467 e. The van der Waals surface area contributed by atoms with E-state index in [1.807, 2.05) is 37.4 Å². The topological polar surface area (TPSA) is 45.9 Å². The van der Waals surface area contributed by atoms with Crippen LogP contribution in [0.25, 0.3) is 0 Å². The van der Waals surface area contributed by atoms with Crippen LogP contribution in [0, 0.1) is 0 Å². The highest BCUT2D eigenvalue weighted by atomic mass is 16.5. The van der Waals surface area contributed by atoms with Crippen LogP contribution in [0.3, 0.4) is 0 Å². The fraction of sp³-hybridized carbons (Fsp3) is 0.450. The average molecular weight is 342 g/mol. The first-order chi connectivity index (χ1) is 12.2. The highest BCUT2D eigenvalue weighted by molar-refractivity contribution is 5.77. The Bertz CT molecular complexity index is 634. The lowest BCUT2D eigenvalue weighted by molar-refractivity contribution is -0.132. The minimum Gasteiger partial charge on any atom is -0.467 e. The number of ether oxygens (including phenoxy) is 1. The molecule has 0 N–H and O–H groups in total. The Kier molecular flexibility index (Phi) is 6.25. The molecule has 25 heavy (non-hydrogen) atoms. The molecule has 1 fully saturated rings. The van der Waals surface area contributed by atoms with Crippen LogP contribution >= 0.6 is 0 Å². The van der Waals surface area contributed by atoms with Crippen molar-refractivity contribution in [2.24, 2.45) is 0 Å². The molecule has 2 aromatic rings.